The van der Waals surface area contributed by atoms with E-state index in [4.69, 9.17) is 11.6 Å². The van der Waals surface area contributed by atoms with E-state index in [0.717, 1.165) is 6.07 Å². The molecule has 0 aliphatic carbocycles. The van der Waals surface area contributed by atoms with Crippen LogP contribution in [0.1, 0.15) is 34.3 Å². The van der Waals surface area contributed by atoms with Gasteiger partial charge in [0.1, 0.15) is 5.82 Å². The van der Waals surface area contributed by atoms with Crippen LogP contribution < -0.4 is 0 Å². The average molecular weight is 539 g/mol. The van der Waals surface area contributed by atoms with Crippen molar-refractivity contribution >= 4 is 38.2 Å². The third-order valence-corrected chi connectivity index (χ3v) is 8.80. The molecule has 6 nitrogen and oxygen atoms in total. The van der Waals surface area contributed by atoms with E-state index in [9.17, 15) is 22.7 Å². The molecule has 2 heterocycles. The first kappa shape index (κ1) is 25.3. The molecule has 1 N–H and O–H groups in total. The van der Waals surface area contributed by atoms with Crippen molar-refractivity contribution in [1.29, 1.82) is 0 Å². The second kappa shape index (κ2) is 9.85. The molecule has 5 rings (SSSR count). The molecule has 3 aromatic carbocycles. The maximum Gasteiger partial charge on any atom is 0.253 e. The number of benzene rings is 3. The minimum Gasteiger partial charge on any atom is -0.385 e. The second-order valence-electron chi connectivity index (χ2n) is 9.24. The number of piperidine rings is 1. The van der Waals surface area contributed by atoms with E-state index in [1.807, 2.05) is 6.07 Å². The number of carbonyl (C=O) groups excluding carboxylic acids is 1. The van der Waals surface area contributed by atoms with Crippen LogP contribution in [-0.2, 0) is 21.2 Å². The first-order valence-corrected chi connectivity index (χ1v) is 13.8. The molecule has 9 heteroatoms. The van der Waals surface area contributed by atoms with Crippen LogP contribution in [0, 0.1) is 5.82 Å². The lowest BCUT2D eigenvalue weighted by molar-refractivity contribution is -0.0210. The number of hydrogen-bond acceptors (Lipinski definition) is 5. The molecule has 1 aliphatic heterocycles. The van der Waals surface area contributed by atoms with Gasteiger partial charge in [0.15, 0.2) is 9.84 Å². The average Bonchev–Trinajstić information content (AvgIpc) is 2.88. The highest BCUT2D eigenvalue weighted by atomic mass is 35.5. The summed E-state index contributed by atoms with van der Waals surface area (Å²) in [6.07, 6.45) is 2.18. The number of rotatable bonds is 5. The quantitative estimate of drug-likeness (QED) is 0.381. The summed E-state index contributed by atoms with van der Waals surface area (Å²) in [5.74, 6) is -1.20. The molecule has 0 atom stereocenters. The molecule has 1 fully saturated rings. The molecule has 37 heavy (non-hydrogen) atoms. The van der Waals surface area contributed by atoms with Crippen molar-refractivity contribution in [2.75, 3.05) is 13.1 Å². The number of pyridine rings is 1. The molecule has 1 aromatic heterocycles. The van der Waals surface area contributed by atoms with E-state index in [2.05, 4.69) is 4.98 Å². The first-order chi connectivity index (χ1) is 17.7. The van der Waals surface area contributed by atoms with E-state index in [-0.39, 0.29) is 22.1 Å². The number of hydrogen-bond donors (Lipinski definition) is 1. The van der Waals surface area contributed by atoms with Crippen LogP contribution in [-0.4, -0.2) is 42.4 Å². The predicted octanol–water partition coefficient (Wildman–Crippen LogP) is 5.13. The molecule has 0 saturated carbocycles. The van der Waals surface area contributed by atoms with E-state index in [1.54, 1.807) is 59.5 Å². The van der Waals surface area contributed by atoms with Crippen molar-refractivity contribution in [3.05, 3.63) is 107 Å². The number of amides is 1. The van der Waals surface area contributed by atoms with Gasteiger partial charge in [-0.25, -0.2) is 12.8 Å². The Balaban J connectivity index is 1.29. The molecular formula is C28H24ClFN2O4S. The van der Waals surface area contributed by atoms with Crippen LogP contribution in [0.4, 0.5) is 4.39 Å². The van der Waals surface area contributed by atoms with Gasteiger partial charge >= 0.3 is 0 Å². The number of halogens is 2. The minimum atomic E-state index is -3.90. The van der Waals surface area contributed by atoms with Crippen LogP contribution in [0.15, 0.2) is 83.9 Å². The Kier molecular flexibility index (Phi) is 6.74. The summed E-state index contributed by atoms with van der Waals surface area (Å²) in [6, 6.07) is 19.0. The zero-order valence-corrected chi connectivity index (χ0v) is 21.3. The lowest BCUT2D eigenvalue weighted by Crippen LogP contribution is -2.45. The summed E-state index contributed by atoms with van der Waals surface area (Å²) in [5.41, 5.74) is 0.676. The summed E-state index contributed by atoms with van der Waals surface area (Å²) >= 11 is 6.27. The highest BCUT2D eigenvalue weighted by molar-refractivity contribution is 7.90. The zero-order valence-electron chi connectivity index (χ0n) is 19.8. The fraction of sp³-hybridized carbons (Fsp3) is 0.214. The SMILES string of the molecule is O=C(c1ccc(CS(=O)(=O)c2cc(F)cc3cccnc23)cc1)N1CCC(O)(c2ccccc2Cl)CC1. The van der Waals surface area contributed by atoms with Gasteiger partial charge in [0, 0.05) is 40.8 Å². The van der Waals surface area contributed by atoms with Crippen molar-refractivity contribution in [2.45, 2.75) is 29.1 Å². The van der Waals surface area contributed by atoms with Gasteiger partial charge < -0.3 is 10.0 Å². The minimum absolute atomic E-state index is 0.164. The fourth-order valence-corrected chi connectivity index (χ4v) is 6.63. The predicted molar refractivity (Wildman–Crippen MR) is 140 cm³/mol. The maximum absolute atomic E-state index is 14.1. The van der Waals surface area contributed by atoms with Crippen LogP contribution in [0.3, 0.4) is 0 Å². The molecular weight excluding hydrogens is 515 g/mol. The van der Waals surface area contributed by atoms with E-state index < -0.39 is 21.3 Å². The molecule has 0 spiro atoms. The van der Waals surface area contributed by atoms with Crippen molar-refractivity contribution < 1.29 is 22.7 Å². The molecule has 1 amide bonds. The molecule has 1 saturated heterocycles. The third-order valence-electron chi connectivity index (χ3n) is 6.78. The van der Waals surface area contributed by atoms with E-state index >= 15 is 0 Å². The first-order valence-electron chi connectivity index (χ1n) is 11.8. The van der Waals surface area contributed by atoms with Gasteiger partial charge in [-0.2, -0.15) is 0 Å². The van der Waals surface area contributed by atoms with Crippen molar-refractivity contribution in [1.82, 2.24) is 9.88 Å². The number of nitrogens with zero attached hydrogens (tertiary/aromatic N) is 2. The van der Waals surface area contributed by atoms with Crippen LogP contribution in [0.5, 0.6) is 0 Å². The second-order valence-corrected chi connectivity index (χ2v) is 11.6. The lowest BCUT2D eigenvalue weighted by Gasteiger charge is -2.39. The number of likely N-dealkylation sites (tertiary alicyclic amines) is 1. The largest absolute Gasteiger partial charge is 0.385 e. The Labute approximate surface area is 219 Å². The van der Waals surface area contributed by atoms with Crippen molar-refractivity contribution in [3.63, 3.8) is 0 Å². The topological polar surface area (TPSA) is 87.6 Å². The molecule has 0 bridgehead atoms. The zero-order chi connectivity index (χ0) is 26.2. The summed E-state index contributed by atoms with van der Waals surface area (Å²) < 4.78 is 40.3. The molecule has 4 aromatic rings. The summed E-state index contributed by atoms with van der Waals surface area (Å²) in [6.45, 7) is 0.715. The maximum atomic E-state index is 14.1. The standard InChI is InChI=1S/C28H24ClFN2O4S/c29-24-6-2-1-5-23(24)28(34)11-14-32(15-12-28)27(33)20-9-7-19(8-10-20)18-37(35,36)25-17-22(30)16-21-4-3-13-31-26(21)25/h1-10,13,16-17,34H,11-12,14-15,18H2. The van der Waals surface area contributed by atoms with Crippen molar-refractivity contribution in [2.24, 2.45) is 0 Å². The highest BCUT2D eigenvalue weighted by Crippen LogP contribution is 2.37. The normalized spacial score (nSPS) is 15.6. The Hall–Kier alpha value is -3.33. The van der Waals surface area contributed by atoms with Gasteiger partial charge in [0.25, 0.3) is 5.91 Å². The van der Waals surface area contributed by atoms with Crippen molar-refractivity contribution in [3.8, 4) is 0 Å². The number of carbonyl (C=O) groups is 1. The van der Waals surface area contributed by atoms with Gasteiger partial charge in [-0.3, -0.25) is 9.78 Å². The van der Waals surface area contributed by atoms with Crippen LogP contribution >= 0.6 is 11.6 Å². The Bertz CT molecular complexity index is 1580. The van der Waals surface area contributed by atoms with Gasteiger partial charge in [0.05, 0.1) is 21.8 Å². The van der Waals surface area contributed by atoms with Gasteiger partial charge in [0.2, 0.25) is 0 Å². The van der Waals surface area contributed by atoms with Gasteiger partial charge in [-0.1, -0.05) is 48.0 Å². The number of aromatic nitrogens is 1. The van der Waals surface area contributed by atoms with E-state index in [0.29, 0.717) is 53.0 Å². The summed E-state index contributed by atoms with van der Waals surface area (Å²) in [7, 11) is -3.90. The lowest BCUT2D eigenvalue weighted by atomic mass is 9.84. The molecule has 190 valence electrons. The monoisotopic (exact) mass is 538 g/mol. The number of aliphatic hydroxyl groups is 1. The highest BCUT2D eigenvalue weighted by Gasteiger charge is 2.37. The van der Waals surface area contributed by atoms with Gasteiger partial charge in [-0.15, -0.1) is 0 Å². The molecule has 1 aliphatic rings. The summed E-state index contributed by atoms with van der Waals surface area (Å²) in [4.78, 5) is 18.7. The number of fused-ring (bicyclic) bond motifs is 1. The Morgan fingerprint density at radius 2 is 1.73 bits per heavy atom. The molecule has 0 unspecified atom stereocenters. The fourth-order valence-electron chi connectivity index (χ4n) is 4.77. The van der Waals surface area contributed by atoms with Crippen LogP contribution in [0.2, 0.25) is 5.02 Å². The summed E-state index contributed by atoms with van der Waals surface area (Å²) in [5, 5.41) is 12.0. The number of sulfone groups is 1. The Morgan fingerprint density at radius 3 is 2.43 bits per heavy atom. The smallest absolute Gasteiger partial charge is 0.253 e. The third kappa shape index (κ3) is 5.09. The van der Waals surface area contributed by atoms with Crippen LogP contribution in [0.25, 0.3) is 10.9 Å². The Morgan fingerprint density at radius 1 is 1.03 bits per heavy atom. The molecule has 0 radical (unpaired) electrons. The van der Waals surface area contributed by atoms with Gasteiger partial charge in [-0.05, 0) is 54.8 Å². The van der Waals surface area contributed by atoms with E-state index in [1.165, 1.54) is 12.3 Å².